The highest BCUT2D eigenvalue weighted by Crippen LogP contribution is 2.32. The molecule has 0 spiro atoms. The summed E-state index contributed by atoms with van der Waals surface area (Å²) in [5.74, 6) is -1.31. The van der Waals surface area contributed by atoms with Gasteiger partial charge < -0.3 is 10.6 Å². The molecule has 0 saturated carbocycles. The highest BCUT2D eigenvalue weighted by Gasteiger charge is 2.45. The largest absolute Gasteiger partial charge is 0.384 e. The number of nitrogens with zero attached hydrogens (tertiary/aromatic N) is 1. The first kappa shape index (κ1) is 26.4. The van der Waals surface area contributed by atoms with Crippen LogP contribution in [-0.4, -0.2) is 53.6 Å². The smallest absolute Gasteiger partial charge is 0.264 e. The number of hydrogen-bond acceptors (Lipinski definition) is 6. The third kappa shape index (κ3) is 6.90. The second-order valence-corrected chi connectivity index (χ2v) is 9.65. The number of piperidine rings is 1. The van der Waals surface area contributed by atoms with Crippen LogP contribution in [0.2, 0.25) is 0 Å². The average Bonchev–Trinajstić information content (AvgIpc) is 3.06. The van der Waals surface area contributed by atoms with E-state index in [1.165, 1.54) is 0 Å². The summed E-state index contributed by atoms with van der Waals surface area (Å²) in [4.78, 5) is 62.4. The van der Waals surface area contributed by atoms with Crippen molar-refractivity contribution in [2.45, 2.75) is 77.7 Å². The minimum atomic E-state index is -0.967. The van der Waals surface area contributed by atoms with Gasteiger partial charge in [0.1, 0.15) is 6.04 Å². The minimum absolute atomic E-state index is 0.0950. The molecule has 0 aromatic heterocycles. The maximum atomic E-state index is 13.1. The Kier molecular flexibility index (Phi) is 9.39. The molecule has 5 amide bonds. The summed E-state index contributed by atoms with van der Waals surface area (Å²) < 4.78 is 0. The van der Waals surface area contributed by atoms with Crippen LogP contribution in [0, 0.1) is 5.92 Å². The van der Waals surface area contributed by atoms with Crippen molar-refractivity contribution in [3.63, 3.8) is 0 Å². The van der Waals surface area contributed by atoms with Gasteiger partial charge in [0, 0.05) is 31.6 Å². The molecule has 0 aliphatic carbocycles. The van der Waals surface area contributed by atoms with Crippen LogP contribution in [0.5, 0.6) is 0 Å². The van der Waals surface area contributed by atoms with Gasteiger partial charge in [-0.25, -0.2) is 0 Å². The van der Waals surface area contributed by atoms with Crippen LogP contribution in [0.4, 0.5) is 5.69 Å². The van der Waals surface area contributed by atoms with E-state index in [2.05, 4.69) is 29.8 Å². The number of carbonyl (C=O) groups excluding carboxylic acids is 5. The quantitative estimate of drug-likeness (QED) is 0.292. The van der Waals surface area contributed by atoms with E-state index in [0.29, 0.717) is 24.6 Å². The highest BCUT2D eigenvalue weighted by molar-refractivity contribution is 6.25. The molecule has 9 nitrogen and oxygen atoms in total. The van der Waals surface area contributed by atoms with Crippen molar-refractivity contribution in [2.75, 3.05) is 18.4 Å². The number of fused-ring (bicyclic) bond motifs is 1. The van der Waals surface area contributed by atoms with Crippen LogP contribution in [0.25, 0.3) is 0 Å². The second-order valence-electron chi connectivity index (χ2n) is 9.65. The van der Waals surface area contributed by atoms with Crippen LogP contribution in [0.3, 0.4) is 0 Å². The molecule has 1 fully saturated rings. The van der Waals surface area contributed by atoms with Gasteiger partial charge in [-0.05, 0) is 43.7 Å². The molecule has 1 atom stereocenters. The van der Waals surface area contributed by atoms with Gasteiger partial charge >= 0.3 is 0 Å². The standard InChI is InChI=1S/C26H36N4O5/c1-17(2)14-16-28-21(31)11-6-4-3-5-7-15-27-19-10-8-9-18-23(19)26(35)30(25(18)34)20-12-13-22(32)29-24(20)33/h8-10,17,20,27H,3-7,11-16H2,1-2H3,(H,28,31)(H,29,32,33). The van der Waals surface area contributed by atoms with Crippen LogP contribution >= 0.6 is 0 Å². The lowest BCUT2D eigenvalue weighted by molar-refractivity contribution is -0.136. The van der Waals surface area contributed by atoms with Crippen molar-refractivity contribution in [2.24, 2.45) is 5.92 Å². The third-order valence-corrected chi connectivity index (χ3v) is 6.41. The summed E-state index contributed by atoms with van der Waals surface area (Å²) >= 11 is 0. The lowest BCUT2D eigenvalue weighted by Crippen LogP contribution is -2.54. The van der Waals surface area contributed by atoms with Gasteiger partial charge in [0.25, 0.3) is 11.8 Å². The number of nitrogens with one attached hydrogen (secondary N) is 3. The number of carbonyl (C=O) groups is 5. The molecule has 2 aliphatic rings. The van der Waals surface area contributed by atoms with Crippen molar-refractivity contribution in [1.82, 2.24) is 15.5 Å². The molecule has 1 saturated heterocycles. The number of imide groups is 2. The zero-order valence-corrected chi connectivity index (χ0v) is 20.7. The van der Waals surface area contributed by atoms with Crippen molar-refractivity contribution in [3.8, 4) is 0 Å². The normalized spacial score (nSPS) is 17.6. The van der Waals surface area contributed by atoms with Gasteiger partial charge in [0.15, 0.2) is 0 Å². The second kappa shape index (κ2) is 12.5. The molecular weight excluding hydrogens is 448 g/mol. The predicted octanol–water partition coefficient (Wildman–Crippen LogP) is 3.00. The number of rotatable bonds is 13. The lowest BCUT2D eigenvalue weighted by Gasteiger charge is -2.27. The maximum absolute atomic E-state index is 13.1. The Hall–Kier alpha value is -3.23. The van der Waals surface area contributed by atoms with E-state index in [1.807, 2.05) is 0 Å². The van der Waals surface area contributed by atoms with Gasteiger partial charge in [0.2, 0.25) is 17.7 Å². The fourth-order valence-corrected chi connectivity index (χ4v) is 4.41. The Morgan fingerprint density at radius 1 is 1.03 bits per heavy atom. The molecule has 3 rings (SSSR count). The molecule has 9 heteroatoms. The van der Waals surface area contributed by atoms with Crippen molar-refractivity contribution >= 4 is 35.2 Å². The van der Waals surface area contributed by atoms with E-state index in [9.17, 15) is 24.0 Å². The summed E-state index contributed by atoms with van der Waals surface area (Å²) in [5.41, 5.74) is 1.13. The van der Waals surface area contributed by atoms with Crippen LogP contribution in [0.15, 0.2) is 18.2 Å². The first-order valence-corrected chi connectivity index (χ1v) is 12.6. The first-order chi connectivity index (χ1) is 16.8. The summed E-state index contributed by atoms with van der Waals surface area (Å²) in [5, 5.41) is 8.43. The summed E-state index contributed by atoms with van der Waals surface area (Å²) in [6.07, 6.45) is 6.57. The highest BCUT2D eigenvalue weighted by atomic mass is 16.2. The van der Waals surface area contributed by atoms with Crippen LogP contribution < -0.4 is 16.0 Å². The number of anilines is 1. The van der Waals surface area contributed by atoms with Crippen molar-refractivity contribution in [1.29, 1.82) is 0 Å². The van der Waals surface area contributed by atoms with Gasteiger partial charge in [-0.1, -0.05) is 39.2 Å². The average molecular weight is 485 g/mol. The van der Waals surface area contributed by atoms with Gasteiger partial charge in [-0.15, -0.1) is 0 Å². The van der Waals surface area contributed by atoms with E-state index in [0.717, 1.165) is 50.0 Å². The predicted molar refractivity (Wildman–Crippen MR) is 132 cm³/mol. The van der Waals surface area contributed by atoms with Gasteiger partial charge in [0.05, 0.1) is 11.1 Å². The molecule has 2 heterocycles. The molecule has 2 aliphatic heterocycles. The van der Waals surface area contributed by atoms with Gasteiger partial charge in [-0.3, -0.25) is 34.2 Å². The third-order valence-electron chi connectivity index (χ3n) is 6.41. The lowest BCUT2D eigenvalue weighted by atomic mass is 10.0. The summed E-state index contributed by atoms with van der Waals surface area (Å²) in [6, 6.07) is 4.10. The van der Waals surface area contributed by atoms with Gasteiger partial charge in [-0.2, -0.15) is 0 Å². The fraction of sp³-hybridized carbons (Fsp3) is 0.577. The van der Waals surface area contributed by atoms with E-state index >= 15 is 0 Å². The van der Waals surface area contributed by atoms with E-state index in [1.54, 1.807) is 18.2 Å². The van der Waals surface area contributed by atoms with Crippen LogP contribution in [0.1, 0.15) is 92.4 Å². The minimum Gasteiger partial charge on any atom is -0.384 e. The molecular formula is C26H36N4O5. The van der Waals surface area contributed by atoms with E-state index in [4.69, 9.17) is 0 Å². The molecule has 35 heavy (non-hydrogen) atoms. The zero-order valence-electron chi connectivity index (χ0n) is 20.7. The zero-order chi connectivity index (χ0) is 25.4. The maximum Gasteiger partial charge on any atom is 0.264 e. The number of unbranched alkanes of at least 4 members (excludes halogenated alkanes) is 4. The fourth-order valence-electron chi connectivity index (χ4n) is 4.41. The topological polar surface area (TPSA) is 125 Å². The molecule has 1 aromatic carbocycles. The molecule has 0 radical (unpaired) electrons. The Morgan fingerprint density at radius 2 is 1.77 bits per heavy atom. The van der Waals surface area contributed by atoms with E-state index in [-0.39, 0.29) is 29.9 Å². The Morgan fingerprint density at radius 3 is 2.51 bits per heavy atom. The number of hydrogen-bond donors (Lipinski definition) is 3. The van der Waals surface area contributed by atoms with Crippen molar-refractivity contribution < 1.29 is 24.0 Å². The SMILES string of the molecule is CC(C)CCNC(=O)CCCCCCCNc1cccc2c1C(=O)N(C1CCC(=O)NC1=O)C2=O. The summed E-state index contributed by atoms with van der Waals surface area (Å²) in [6.45, 7) is 5.66. The molecule has 0 bridgehead atoms. The molecule has 1 aromatic rings. The number of amides is 5. The molecule has 3 N–H and O–H groups in total. The van der Waals surface area contributed by atoms with Crippen LogP contribution in [-0.2, 0) is 14.4 Å². The summed E-state index contributed by atoms with van der Waals surface area (Å²) in [7, 11) is 0. The van der Waals surface area contributed by atoms with E-state index < -0.39 is 29.7 Å². The Bertz CT molecular complexity index is 974. The monoisotopic (exact) mass is 484 g/mol. The Labute approximate surface area is 206 Å². The molecule has 190 valence electrons. The Balaban J connectivity index is 1.41. The molecule has 1 unspecified atom stereocenters. The van der Waals surface area contributed by atoms with Crippen molar-refractivity contribution in [3.05, 3.63) is 29.3 Å². The number of benzene rings is 1. The first-order valence-electron chi connectivity index (χ1n) is 12.6.